The van der Waals surface area contributed by atoms with E-state index in [-0.39, 0.29) is 0 Å². The molecule has 0 saturated carbocycles. The predicted molar refractivity (Wildman–Crippen MR) is 79.1 cm³/mol. The van der Waals surface area contributed by atoms with Gasteiger partial charge in [-0.15, -0.1) is 6.58 Å². The first-order valence-corrected chi connectivity index (χ1v) is 7.21. The van der Waals surface area contributed by atoms with Crippen LogP contribution in [0.1, 0.15) is 72.6 Å². The first-order valence-electron chi connectivity index (χ1n) is 7.21. The van der Waals surface area contributed by atoms with Crippen molar-refractivity contribution in [2.75, 3.05) is 0 Å². The van der Waals surface area contributed by atoms with Crippen LogP contribution >= 0.6 is 0 Å². The molecule has 0 aliphatic heterocycles. The van der Waals surface area contributed by atoms with Crippen LogP contribution in [-0.4, -0.2) is 6.04 Å². The van der Waals surface area contributed by atoms with Gasteiger partial charge in [-0.1, -0.05) is 46.6 Å². The highest BCUT2D eigenvalue weighted by molar-refractivity contribution is 4.72. The topological polar surface area (TPSA) is 26.0 Å². The molecule has 0 bridgehead atoms. The first kappa shape index (κ1) is 16.7. The van der Waals surface area contributed by atoms with Crippen LogP contribution in [0.5, 0.6) is 0 Å². The van der Waals surface area contributed by atoms with Gasteiger partial charge in [-0.3, -0.25) is 0 Å². The second kappa shape index (κ2) is 8.74. The van der Waals surface area contributed by atoms with Gasteiger partial charge in [-0.25, -0.2) is 0 Å². The molecule has 1 heteroatoms. The lowest BCUT2D eigenvalue weighted by molar-refractivity contribution is 0.281. The Morgan fingerprint density at radius 3 is 2.35 bits per heavy atom. The lowest BCUT2D eigenvalue weighted by Gasteiger charge is -2.25. The highest BCUT2D eigenvalue weighted by atomic mass is 14.6. The molecule has 0 radical (unpaired) electrons. The van der Waals surface area contributed by atoms with E-state index < -0.39 is 0 Å². The number of unbranched alkanes of at least 4 members (excludes halogenated alkanes) is 3. The molecule has 2 unspecified atom stereocenters. The maximum absolute atomic E-state index is 6.19. The van der Waals surface area contributed by atoms with Crippen molar-refractivity contribution in [3.63, 3.8) is 0 Å². The van der Waals surface area contributed by atoms with E-state index in [1.165, 1.54) is 38.5 Å². The minimum atomic E-state index is 0.399. The summed E-state index contributed by atoms with van der Waals surface area (Å²) in [5.41, 5.74) is 6.62. The average molecular weight is 239 g/mol. The van der Waals surface area contributed by atoms with Crippen LogP contribution in [0.3, 0.4) is 0 Å². The van der Waals surface area contributed by atoms with Crippen molar-refractivity contribution in [1.29, 1.82) is 0 Å². The number of nitrogens with two attached hydrogens (primary N) is 1. The Bertz CT molecular complexity index is 190. The van der Waals surface area contributed by atoms with E-state index in [1.807, 2.05) is 6.08 Å². The van der Waals surface area contributed by atoms with Gasteiger partial charge >= 0.3 is 0 Å². The fourth-order valence-corrected chi connectivity index (χ4v) is 2.64. The zero-order valence-corrected chi connectivity index (χ0v) is 12.5. The fourth-order valence-electron chi connectivity index (χ4n) is 2.64. The smallest absolute Gasteiger partial charge is 0.00413 e. The molecule has 0 aromatic heterocycles. The minimum Gasteiger partial charge on any atom is -0.328 e. The Morgan fingerprint density at radius 2 is 1.82 bits per heavy atom. The molecule has 0 saturated heterocycles. The van der Waals surface area contributed by atoms with E-state index in [2.05, 4.69) is 34.3 Å². The van der Waals surface area contributed by atoms with E-state index in [9.17, 15) is 0 Å². The van der Waals surface area contributed by atoms with Crippen molar-refractivity contribution in [3.05, 3.63) is 12.7 Å². The van der Waals surface area contributed by atoms with Crippen LogP contribution in [0.2, 0.25) is 0 Å². The first-order chi connectivity index (χ1) is 7.85. The molecule has 0 aliphatic rings. The monoisotopic (exact) mass is 239 g/mol. The van der Waals surface area contributed by atoms with Gasteiger partial charge in [-0.2, -0.15) is 0 Å². The summed E-state index contributed by atoms with van der Waals surface area (Å²) in [6, 6.07) is 0.399. The van der Waals surface area contributed by atoms with Crippen LogP contribution in [0.15, 0.2) is 12.7 Å². The number of rotatable bonds is 9. The summed E-state index contributed by atoms with van der Waals surface area (Å²) in [6.07, 6.45) is 10.6. The van der Waals surface area contributed by atoms with Crippen LogP contribution in [-0.2, 0) is 0 Å². The number of hydrogen-bond donors (Lipinski definition) is 1. The second-order valence-electron chi connectivity index (χ2n) is 6.79. The Labute approximate surface area is 109 Å². The summed E-state index contributed by atoms with van der Waals surface area (Å²) >= 11 is 0. The van der Waals surface area contributed by atoms with Gasteiger partial charge in [0.1, 0.15) is 0 Å². The predicted octanol–water partition coefficient (Wildman–Crippen LogP) is 4.91. The molecular formula is C16H33N. The largest absolute Gasteiger partial charge is 0.328 e. The third-order valence-corrected chi connectivity index (χ3v) is 3.15. The molecule has 0 aliphatic carbocycles. The molecule has 2 N–H and O–H groups in total. The van der Waals surface area contributed by atoms with Crippen LogP contribution in [0, 0.1) is 11.3 Å². The highest BCUT2D eigenvalue weighted by Gasteiger charge is 2.17. The third-order valence-electron chi connectivity index (χ3n) is 3.15. The summed E-state index contributed by atoms with van der Waals surface area (Å²) in [7, 11) is 0. The molecule has 0 amide bonds. The Hall–Kier alpha value is -0.300. The molecule has 0 rings (SSSR count). The van der Waals surface area contributed by atoms with Gasteiger partial charge in [0.05, 0.1) is 0 Å². The molecule has 0 spiro atoms. The Kier molecular flexibility index (Phi) is 8.59. The van der Waals surface area contributed by atoms with Gasteiger partial charge in [0.25, 0.3) is 0 Å². The van der Waals surface area contributed by atoms with E-state index >= 15 is 0 Å². The van der Waals surface area contributed by atoms with Gasteiger partial charge in [0, 0.05) is 6.04 Å². The van der Waals surface area contributed by atoms with Crippen molar-refractivity contribution in [1.82, 2.24) is 0 Å². The van der Waals surface area contributed by atoms with Gasteiger partial charge in [0.15, 0.2) is 0 Å². The standard InChI is InChI=1S/C16H33N/c1-6-7-8-9-10-11-15(17)12-14(2)13-16(3,4)5/h6,14-15H,1,7-13,17H2,2-5H3. The van der Waals surface area contributed by atoms with Gasteiger partial charge in [0.2, 0.25) is 0 Å². The molecule has 0 aromatic rings. The Balaban J connectivity index is 3.57. The summed E-state index contributed by atoms with van der Waals surface area (Å²) in [6.45, 7) is 13.0. The minimum absolute atomic E-state index is 0.399. The maximum Gasteiger partial charge on any atom is 0.00413 e. The van der Waals surface area contributed by atoms with E-state index in [4.69, 9.17) is 5.73 Å². The molecule has 102 valence electrons. The SMILES string of the molecule is C=CCCCCCC(N)CC(C)CC(C)(C)C. The van der Waals surface area contributed by atoms with Crippen molar-refractivity contribution in [3.8, 4) is 0 Å². The average Bonchev–Trinajstić information content (AvgIpc) is 2.14. The third kappa shape index (κ3) is 12.0. The van der Waals surface area contributed by atoms with Crippen molar-refractivity contribution >= 4 is 0 Å². The fraction of sp³-hybridized carbons (Fsp3) is 0.875. The lowest BCUT2D eigenvalue weighted by Crippen LogP contribution is -2.24. The Morgan fingerprint density at radius 1 is 1.18 bits per heavy atom. The summed E-state index contributed by atoms with van der Waals surface area (Å²) in [4.78, 5) is 0. The molecule has 0 fully saturated rings. The highest BCUT2D eigenvalue weighted by Crippen LogP contribution is 2.27. The van der Waals surface area contributed by atoms with Gasteiger partial charge in [-0.05, 0) is 43.4 Å². The molecule has 2 atom stereocenters. The van der Waals surface area contributed by atoms with Crippen LogP contribution < -0.4 is 5.73 Å². The normalized spacial score (nSPS) is 15.6. The molecule has 1 nitrogen and oxygen atoms in total. The zero-order valence-electron chi connectivity index (χ0n) is 12.5. The summed E-state index contributed by atoms with van der Waals surface area (Å²) in [5, 5.41) is 0. The molecule has 0 heterocycles. The molecule has 0 aromatic carbocycles. The zero-order chi connectivity index (χ0) is 13.3. The summed E-state index contributed by atoms with van der Waals surface area (Å²) < 4.78 is 0. The molecule has 17 heavy (non-hydrogen) atoms. The molecular weight excluding hydrogens is 206 g/mol. The van der Waals surface area contributed by atoms with E-state index in [0.717, 1.165) is 12.3 Å². The number of allylic oxidation sites excluding steroid dienone is 1. The van der Waals surface area contributed by atoms with Crippen molar-refractivity contribution in [2.24, 2.45) is 17.1 Å². The number of hydrogen-bond acceptors (Lipinski definition) is 1. The summed E-state index contributed by atoms with van der Waals surface area (Å²) in [5.74, 6) is 0.748. The van der Waals surface area contributed by atoms with E-state index in [1.54, 1.807) is 0 Å². The second-order valence-corrected chi connectivity index (χ2v) is 6.79. The quantitative estimate of drug-likeness (QED) is 0.449. The lowest BCUT2D eigenvalue weighted by atomic mass is 9.82. The van der Waals surface area contributed by atoms with Crippen LogP contribution in [0.4, 0.5) is 0 Å². The maximum atomic E-state index is 6.19. The van der Waals surface area contributed by atoms with Crippen molar-refractivity contribution < 1.29 is 0 Å². The van der Waals surface area contributed by atoms with Crippen molar-refractivity contribution in [2.45, 2.75) is 78.7 Å². The van der Waals surface area contributed by atoms with Gasteiger partial charge < -0.3 is 5.73 Å². The van der Waals surface area contributed by atoms with Crippen LogP contribution in [0.25, 0.3) is 0 Å². The van der Waals surface area contributed by atoms with E-state index in [0.29, 0.717) is 11.5 Å².